The molecule has 0 aromatic heterocycles. The fourth-order valence-corrected chi connectivity index (χ4v) is 2.47. The maximum absolute atomic E-state index is 12.5. The number of benzene rings is 1. The molecule has 1 heterocycles. The molecule has 0 spiro atoms. The molecule has 4 nitrogen and oxygen atoms in total. The topological polar surface area (TPSA) is 49.4 Å². The van der Waals surface area contributed by atoms with E-state index in [2.05, 4.69) is 5.32 Å². The number of nitrogens with one attached hydrogen (secondary N) is 1. The summed E-state index contributed by atoms with van der Waals surface area (Å²) in [4.78, 5) is 26.4. The van der Waals surface area contributed by atoms with Crippen LogP contribution in [0.25, 0.3) is 0 Å². The summed E-state index contributed by atoms with van der Waals surface area (Å²) in [5.74, 6) is 0.0645. The van der Waals surface area contributed by atoms with Gasteiger partial charge in [0.1, 0.15) is 0 Å². The van der Waals surface area contributed by atoms with Gasteiger partial charge in [-0.1, -0.05) is 33.6 Å². The van der Waals surface area contributed by atoms with Gasteiger partial charge in [0, 0.05) is 29.8 Å². The molecule has 0 saturated carbocycles. The van der Waals surface area contributed by atoms with Gasteiger partial charge < -0.3 is 10.2 Å². The van der Waals surface area contributed by atoms with E-state index < -0.39 is 5.41 Å². The average Bonchev–Trinajstić information content (AvgIpc) is 2.75. The summed E-state index contributed by atoms with van der Waals surface area (Å²) in [7, 11) is 0. The lowest BCUT2D eigenvalue weighted by Crippen LogP contribution is -2.31. The van der Waals surface area contributed by atoms with Crippen molar-refractivity contribution in [3.8, 4) is 0 Å². The molecule has 120 valence electrons. The Morgan fingerprint density at radius 2 is 1.50 bits per heavy atom. The Balaban J connectivity index is 2.02. The van der Waals surface area contributed by atoms with Crippen molar-refractivity contribution in [3.63, 3.8) is 0 Å². The number of carbonyl (C=O) groups excluding carboxylic acids is 2. The molecular weight excluding hydrogens is 276 g/mol. The lowest BCUT2D eigenvalue weighted by molar-refractivity contribution is -0.123. The molecule has 2 amide bonds. The normalized spacial score (nSPS) is 16.0. The fraction of sp³-hybridized carbons (Fsp3) is 0.556. The van der Waals surface area contributed by atoms with Crippen LogP contribution in [0.5, 0.6) is 0 Å². The van der Waals surface area contributed by atoms with Gasteiger partial charge in [-0.2, -0.15) is 0 Å². The molecule has 1 aliphatic rings. The van der Waals surface area contributed by atoms with Gasteiger partial charge in [-0.25, -0.2) is 0 Å². The van der Waals surface area contributed by atoms with E-state index >= 15 is 0 Å². The first-order valence-electron chi connectivity index (χ1n) is 8.09. The Bertz CT molecular complexity index is 521. The minimum atomic E-state index is -0.430. The molecule has 4 heteroatoms. The van der Waals surface area contributed by atoms with E-state index in [-0.39, 0.29) is 11.8 Å². The number of hydrogen-bond donors (Lipinski definition) is 1. The zero-order chi connectivity index (χ0) is 16.2. The monoisotopic (exact) mass is 302 g/mol. The molecule has 1 aromatic rings. The molecular formula is C18H26N2O2. The van der Waals surface area contributed by atoms with Crippen molar-refractivity contribution in [2.75, 3.05) is 18.4 Å². The van der Waals surface area contributed by atoms with Crippen molar-refractivity contribution >= 4 is 17.5 Å². The summed E-state index contributed by atoms with van der Waals surface area (Å²) in [6.07, 6.45) is 4.60. The van der Waals surface area contributed by atoms with E-state index in [1.165, 1.54) is 12.8 Å². The van der Waals surface area contributed by atoms with Crippen LogP contribution in [0.1, 0.15) is 56.8 Å². The Kier molecular flexibility index (Phi) is 5.22. The van der Waals surface area contributed by atoms with Crippen LogP contribution in [0.3, 0.4) is 0 Å². The molecule has 1 saturated heterocycles. The van der Waals surface area contributed by atoms with E-state index in [1.807, 2.05) is 25.7 Å². The first-order chi connectivity index (χ1) is 10.4. The first-order valence-corrected chi connectivity index (χ1v) is 8.09. The number of anilines is 1. The quantitative estimate of drug-likeness (QED) is 0.906. The van der Waals surface area contributed by atoms with Crippen molar-refractivity contribution in [1.29, 1.82) is 0 Å². The molecule has 1 aromatic carbocycles. The molecule has 22 heavy (non-hydrogen) atoms. The van der Waals surface area contributed by atoms with E-state index in [9.17, 15) is 9.59 Å². The van der Waals surface area contributed by atoms with Gasteiger partial charge in [0.25, 0.3) is 5.91 Å². The Morgan fingerprint density at radius 3 is 2.00 bits per heavy atom. The van der Waals surface area contributed by atoms with Crippen LogP contribution >= 0.6 is 0 Å². The van der Waals surface area contributed by atoms with Gasteiger partial charge in [0.05, 0.1) is 0 Å². The van der Waals surface area contributed by atoms with E-state index in [0.29, 0.717) is 5.56 Å². The van der Waals surface area contributed by atoms with Gasteiger partial charge in [0.15, 0.2) is 0 Å². The molecule has 1 aliphatic heterocycles. The van der Waals surface area contributed by atoms with Crippen molar-refractivity contribution in [3.05, 3.63) is 29.8 Å². The molecule has 0 bridgehead atoms. The Hall–Kier alpha value is -1.84. The molecule has 0 unspecified atom stereocenters. The van der Waals surface area contributed by atoms with Crippen LogP contribution in [0.2, 0.25) is 0 Å². The number of likely N-dealkylation sites (tertiary alicyclic amines) is 1. The lowest BCUT2D eigenvalue weighted by Gasteiger charge is -2.21. The van der Waals surface area contributed by atoms with Crippen LogP contribution in [0, 0.1) is 5.41 Å². The van der Waals surface area contributed by atoms with Crippen LogP contribution < -0.4 is 5.32 Å². The summed E-state index contributed by atoms with van der Waals surface area (Å²) >= 11 is 0. The predicted octanol–water partition coefficient (Wildman–Crippen LogP) is 3.69. The summed E-state index contributed by atoms with van der Waals surface area (Å²) in [5, 5.41) is 2.87. The highest BCUT2D eigenvalue weighted by Crippen LogP contribution is 2.19. The zero-order valence-corrected chi connectivity index (χ0v) is 13.8. The third kappa shape index (κ3) is 4.33. The maximum atomic E-state index is 12.5. The Morgan fingerprint density at radius 1 is 0.955 bits per heavy atom. The van der Waals surface area contributed by atoms with E-state index in [0.717, 1.165) is 31.6 Å². The second-order valence-electron chi connectivity index (χ2n) is 6.99. The van der Waals surface area contributed by atoms with Crippen molar-refractivity contribution in [2.24, 2.45) is 5.41 Å². The van der Waals surface area contributed by atoms with Crippen LogP contribution in [0.15, 0.2) is 24.3 Å². The maximum Gasteiger partial charge on any atom is 0.253 e. The molecule has 1 fully saturated rings. The Labute approximate surface area is 132 Å². The van der Waals surface area contributed by atoms with Gasteiger partial charge in [-0.05, 0) is 37.1 Å². The van der Waals surface area contributed by atoms with Gasteiger partial charge >= 0.3 is 0 Å². The first kappa shape index (κ1) is 16.5. The summed E-state index contributed by atoms with van der Waals surface area (Å²) < 4.78 is 0. The van der Waals surface area contributed by atoms with E-state index in [4.69, 9.17) is 0 Å². The second-order valence-corrected chi connectivity index (χ2v) is 6.99. The lowest BCUT2D eigenvalue weighted by atomic mass is 9.95. The van der Waals surface area contributed by atoms with Crippen LogP contribution in [0.4, 0.5) is 5.69 Å². The number of hydrogen-bond acceptors (Lipinski definition) is 2. The number of nitrogens with zero attached hydrogens (tertiary/aromatic N) is 1. The summed E-state index contributed by atoms with van der Waals surface area (Å²) in [6, 6.07) is 7.19. The van der Waals surface area contributed by atoms with Crippen molar-refractivity contribution < 1.29 is 9.59 Å². The van der Waals surface area contributed by atoms with Gasteiger partial charge in [-0.3, -0.25) is 9.59 Å². The minimum absolute atomic E-state index is 0.0286. The number of carbonyl (C=O) groups is 2. The largest absolute Gasteiger partial charge is 0.339 e. The predicted molar refractivity (Wildman–Crippen MR) is 88.9 cm³/mol. The van der Waals surface area contributed by atoms with Crippen molar-refractivity contribution in [2.45, 2.75) is 46.5 Å². The molecule has 0 radical (unpaired) electrons. The SMILES string of the molecule is CC(C)(C)C(=O)Nc1ccc(C(=O)N2CCCCCC2)cc1. The minimum Gasteiger partial charge on any atom is -0.339 e. The van der Waals surface area contributed by atoms with Gasteiger partial charge in [0.2, 0.25) is 5.91 Å². The summed E-state index contributed by atoms with van der Waals surface area (Å²) in [5.41, 5.74) is 0.989. The highest BCUT2D eigenvalue weighted by Gasteiger charge is 2.21. The molecule has 2 rings (SSSR count). The van der Waals surface area contributed by atoms with Crippen LogP contribution in [-0.4, -0.2) is 29.8 Å². The number of rotatable bonds is 2. The third-order valence-electron chi connectivity index (χ3n) is 3.96. The van der Waals surface area contributed by atoms with Crippen LogP contribution in [-0.2, 0) is 4.79 Å². The van der Waals surface area contributed by atoms with Gasteiger partial charge in [-0.15, -0.1) is 0 Å². The highest BCUT2D eigenvalue weighted by atomic mass is 16.2. The van der Waals surface area contributed by atoms with E-state index in [1.54, 1.807) is 24.3 Å². The molecule has 0 atom stereocenters. The molecule has 1 N–H and O–H groups in total. The fourth-order valence-electron chi connectivity index (χ4n) is 2.47. The average molecular weight is 302 g/mol. The number of amides is 2. The summed E-state index contributed by atoms with van der Waals surface area (Å²) in [6.45, 7) is 7.32. The standard InChI is InChI=1S/C18H26N2O2/c1-18(2,3)17(22)19-15-10-8-14(9-11-15)16(21)20-12-6-4-5-7-13-20/h8-11H,4-7,12-13H2,1-3H3,(H,19,22). The van der Waals surface area contributed by atoms with Crippen molar-refractivity contribution in [1.82, 2.24) is 4.90 Å². The second kappa shape index (κ2) is 6.95. The zero-order valence-electron chi connectivity index (χ0n) is 13.8. The highest BCUT2D eigenvalue weighted by molar-refractivity contribution is 5.97. The smallest absolute Gasteiger partial charge is 0.253 e. The third-order valence-corrected chi connectivity index (χ3v) is 3.96. The molecule has 0 aliphatic carbocycles.